The second kappa shape index (κ2) is 7.80. The van der Waals surface area contributed by atoms with Crippen molar-refractivity contribution < 1.29 is 22.7 Å². The second-order valence-electron chi connectivity index (χ2n) is 7.78. The van der Waals surface area contributed by atoms with Gasteiger partial charge in [-0.3, -0.25) is 4.79 Å². The molecule has 2 heterocycles. The second-order valence-corrected chi connectivity index (χ2v) is 9.68. The van der Waals surface area contributed by atoms with E-state index in [0.717, 1.165) is 16.7 Å². The Balaban J connectivity index is 1.39. The van der Waals surface area contributed by atoms with E-state index in [2.05, 4.69) is 0 Å². The molecule has 0 spiro atoms. The van der Waals surface area contributed by atoms with E-state index in [1.165, 1.54) is 4.31 Å². The lowest BCUT2D eigenvalue weighted by molar-refractivity contribution is -0.123. The van der Waals surface area contributed by atoms with Crippen LogP contribution in [0.15, 0.2) is 41.3 Å². The van der Waals surface area contributed by atoms with Crippen molar-refractivity contribution in [2.75, 3.05) is 19.9 Å². The molecule has 2 aromatic rings. The Kier molecular flexibility index (Phi) is 5.36. The van der Waals surface area contributed by atoms with Crippen molar-refractivity contribution in [2.45, 2.75) is 38.0 Å². The van der Waals surface area contributed by atoms with Crippen LogP contribution in [0.3, 0.4) is 0 Å². The Hall–Kier alpha value is -2.38. The molecular formula is C22H25NO5S. The Morgan fingerprint density at radius 1 is 1.03 bits per heavy atom. The highest BCUT2D eigenvalue weighted by Gasteiger charge is 2.32. The maximum Gasteiger partial charge on any atom is 0.243 e. The highest BCUT2D eigenvalue weighted by molar-refractivity contribution is 7.89. The topological polar surface area (TPSA) is 72.9 Å². The molecule has 2 aliphatic heterocycles. The molecule has 0 aliphatic carbocycles. The van der Waals surface area contributed by atoms with Crippen LogP contribution < -0.4 is 9.47 Å². The van der Waals surface area contributed by atoms with Crippen LogP contribution in [0.2, 0.25) is 0 Å². The Morgan fingerprint density at radius 3 is 2.48 bits per heavy atom. The highest BCUT2D eigenvalue weighted by Crippen LogP contribution is 2.33. The van der Waals surface area contributed by atoms with Gasteiger partial charge in [-0.1, -0.05) is 23.8 Å². The summed E-state index contributed by atoms with van der Waals surface area (Å²) in [6.07, 6.45) is 1.42. The van der Waals surface area contributed by atoms with Crippen molar-refractivity contribution in [1.82, 2.24) is 4.31 Å². The lowest BCUT2D eigenvalue weighted by atomic mass is 9.90. The standard InChI is InChI=1S/C22H25NO5S/c1-15-3-6-22(16(2)11-15)29(25,26)23-9-7-18(8-10-23)19(24)12-17-4-5-20-21(13-17)28-14-27-20/h3-6,11,13,18H,7-10,12,14H2,1-2H3. The van der Waals surface area contributed by atoms with Gasteiger partial charge in [0.05, 0.1) is 4.90 Å². The molecule has 154 valence electrons. The molecule has 4 rings (SSSR count). The van der Waals surface area contributed by atoms with Gasteiger partial charge in [0.15, 0.2) is 11.5 Å². The van der Waals surface area contributed by atoms with Gasteiger partial charge in [0.2, 0.25) is 16.8 Å². The molecule has 6 nitrogen and oxygen atoms in total. The van der Waals surface area contributed by atoms with E-state index in [-0.39, 0.29) is 18.5 Å². The van der Waals surface area contributed by atoms with Gasteiger partial charge in [-0.15, -0.1) is 0 Å². The molecule has 1 fully saturated rings. The zero-order valence-corrected chi connectivity index (χ0v) is 17.5. The van der Waals surface area contributed by atoms with Crippen molar-refractivity contribution in [1.29, 1.82) is 0 Å². The van der Waals surface area contributed by atoms with Gasteiger partial charge in [0, 0.05) is 25.4 Å². The van der Waals surface area contributed by atoms with Crippen LogP contribution >= 0.6 is 0 Å². The molecule has 0 aromatic heterocycles. The van der Waals surface area contributed by atoms with Crippen LogP contribution in [-0.4, -0.2) is 38.4 Å². The molecule has 29 heavy (non-hydrogen) atoms. The van der Waals surface area contributed by atoms with E-state index in [9.17, 15) is 13.2 Å². The van der Waals surface area contributed by atoms with Gasteiger partial charge >= 0.3 is 0 Å². The number of carbonyl (C=O) groups excluding carboxylic acids is 1. The first kappa shape index (κ1) is 19.9. The lowest BCUT2D eigenvalue weighted by Gasteiger charge is -2.31. The Labute approximate surface area is 171 Å². The summed E-state index contributed by atoms with van der Waals surface area (Å²) in [5.74, 6) is 1.40. The summed E-state index contributed by atoms with van der Waals surface area (Å²) in [6.45, 7) is 4.71. The maximum absolute atomic E-state index is 13.0. The van der Waals surface area contributed by atoms with Crippen LogP contribution in [0.25, 0.3) is 0 Å². The van der Waals surface area contributed by atoms with E-state index in [0.29, 0.717) is 48.7 Å². The molecule has 2 aliphatic rings. The minimum absolute atomic E-state index is 0.119. The normalized spacial score (nSPS) is 17.4. The number of hydrogen-bond donors (Lipinski definition) is 0. The molecule has 0 amide bonds. The van der Waals surface area contributed by atoms with Gasteiger partial charge in [-0.05, 0) is 56.0 Å². The molecule has 0 radical (unpaired) electrons. The predicted octanol–water partition coefficient (Wildman–Crippen LogP) is 3.24. The van der Waals surface area contributed by atoms with Crippen LogP contribution in [0.1, 0.15) is 29.5 Å². The number of fused-ring (bicyclic) bond motifs is 1. The van der Waals surface area contributed by atoms with Gasteiger partial charge in [0.1, 0.15) is 5.78 Å². The number of ketones is 1. The van der Waals surface area contributed by atoms with E-state index in [1.54, 1.807) is 6.07 Å². The summed E-state index contributed by atoms with van der Waals surface area (Å²) in [5.41, 5.74) is 2.69. The number of piperidine rings is 1. The summed E-state index contributed by atoms with van der Waals surface area (Å²) in [4.78, 5) is 13.1. The summed E-state index contributed by atoms with van der Waals surface area (Å²) in [5, 5.41) is 0. The van der Waals surface area contributed by atoms with Crippen molar-refractivity contribution in [2.24, 2.45) is 5.92 Å². The maximum atomic E-state index is 13.0. The largest absolute Gasteiger partial charge is 0.454 e. The fourth-order valence-electron chi connectivity index (χ4n) is 4.04. The summed E-state index contributed by atoms with van der Waals surface area (Å²) >= 11 is 0. The van der Waals surface area contributed by atoms with Crippen molar-refractivity contribution in [3.63, 3.8) is 0 Å². The number of Topliss-reactive ketones (excluding diaryl/α,β-unsaturated/α-hetero) is 1. The summed E-state index contributed by atoms with van der Waals surface area (Å²) in [7, 11) is -3.53. The van der Waals surface area contributed by atoms with Crippen molar-refractivity contribution >= 4 is 15.8 Å². The number of carbonyl (C=O) groups is 1. The molecule has 0 N–H and O–H groups in total. The fraction of sp³-hybridized carbons (Fsp3) is 0.409. The third kappa shape index (κ3) is 4.02. The lowest BCUT2D eigenvalue weighted by Crippen LogP contribution is -2.40. The molecular weight excluding hydrogens is 390 g/mol. The minimum atomic E-state index is -3.53. The number of hydrogen-bond acceptors (Lipinski definition) is 5. The van der Waals surface area contributed by atoms with Gasteiger partial charge in [-0.25, -0.2) is 8.42 Å². The van der Waals surface area contributed by atoms with Crippen LogP contribution in [-0.2, 0) is 21.2 Å². The molecule has 0 atom stereocenters. The number of ether oxygens (including phenoxy) is 2. The first-order valence-electron chi connectivity index (χ1n) is 9.83. The quantitative estimate of drug-likeness (QED) is 0.750. The van der Waals surface area contributed by atoms with Crippen LogP contribution in [0.4, 0.5) is 0 Å². The first-order chi connectivity index (χ1) is 13.8. The van der Waals surface area contributed by atoms with Crippen molar-refractivity contribution in [3.8, 4) is 11.5 Å². The number of aryl methyl sites for hydroxylation is 2. The molecule has 7 heteroatoms. The molecule has 2 aromatic carbocycles. The number of nitrogens with zero attached hydrogens (tertiary/aromatic N) is 1. The summed E-state index contributed by atoms with van der Waals surface area (Å²) in [6, 6.07) is 10.9. The van der Waals surface area contributed by atoms with E-state index in [1.807, 2.05) is 44.2 Å². The Morgan fingerprint density at radius 2 is 1.76 bits per heavy atom. The molecule has 1 saturated heterocycles. The van der Waals surface area contributed by atoms with Crippen LogP contribution in [0, 0.1) is 19.8 Å². The number of benzene rings is 2. The van der Waals surface area contributed by atoms with Crippen molar-refractivity contribution in [3.05, 3.63) is 53.1 Å². The van der Waals surface area contributed by atoms with E-state index >= 15 is 0 Å². The first-order valence-corrected chi connectivity index (χ1v) is 11.3. The van der Waals surface area contributed by atoms with Gasteiger partial charge in [-0.2, -0.15) is 4.31 Å². The number of sulfonamides is 1. The van der Waals surface area contributed by atoms with E-state index in [4.69, 9.17) is 9.47 Å². The third-order valence-corrected chi connectivity index (χ3v) is 7.73. The molecule has 0 saturated carbocycles. The zero-order valence-electron chi connectivity index (χ0n) is 16.7. The minimum Gasteiger partial charge on any atom is -0.454 e. The predicted molar refractivity (Wildman–Crippen MR) is 109 cm³/mol. The third-order valence-electron chi connectivity index (χ3n) is 5.67. The smallest absolute Gasteiger partial charge is 0.243 e. The summed E-state index contributed by atoms with van der Waals surface area (Å²) < 4.78 is 38.2. The highest BCUT2D eigenvalue weighted by atomic mass is 32.2. The number of rotatable bonds is 5. The zero-order chi connectivity index (χ0) is 20.6. The monoisotopic (exact) mass is 415 g/mol. The SMILES string of the molecule is Cc1ccc(S(=O)(=O)N2CCC(C(=O)Cc3ccc4c(c3)OCO4)CC2)c(C)c1. The fourth-order valence-corrected chi connectivity index (χ4v) is 5.72. The Bertz CT molecular complexity index is 1040. The molecule has 0 bridgehead atoms. The average molecular weight is 416 g/mol. The van der Waals surface area contributed by atoms with Gasteiger partial charge in [0.25, 0.3) is 0 Å². The van der Waals surface area contributed by atoms with Crippen LogP contribution in [0.5, 0.6) is 11.5 Å². The van der Waals surface area contributed by atoms with Gasteiger partial charge < -0.3 is 9.47 Å². The average Bonchev–Trinajstić information content (AvgIpc) is 3.15. The van der Waals surface area contributed by atoms with E-state index < -0.39 is 10.0 Å². The molecule has 0 unspecified atom stereocenters.